The molecule has 6 N–H and O–H groups in total. The van der Waals surface area contributed by atoms with Crippen LogP contribution in [0.25, 0.3) is 0 Å². The molecule has 1 aromatic rings. The molecule has 1 aliphatic rings. The van der Waals surface area contributed by atoms with Gasteiger partial charge in [0.1, 0.15) is 24.4 Å². The van der Waals surface area contributed by atoms with Gasteiger partial charge in [-0.05, 0) is 11.0 Å². The first kappa shape index (κ1) is 17.3. The Morgan fingerprint density at radius 3 is 2.18 bits per heavy atom. The van der Waals surface area contributed by atoms with Crippen molar-refractivity contribution < 1.29 is 39.9 Å². The van der Waals surface area contributed by atoms with Crippen molar-refractivity contribution in [2.45, 2.75) is 37.3 Å². The SMILES string of the molecule is OC[C@H]1O[C@@H](OCc2ccc(B(O)O)cc2)[C@H](O)[C@@H](O)[C@H]1O. The summed E-state index contributed by atoms with van der Waals surface area (Å²) in [5.74, 6) is 0. The van der Waals surface area contributed by atoms with Gasteiger partial charge in [-0.15, -0.1) is 0 Å². The molecule has 1 saturated heterocycles. The zero-order valence-corrected chi connectivity index (χ0v) is 11.7. The van der Waals surface area contributed by atoms with Crippen molar-refractivity contribution >= 4 is 12.6 Å². The molecule has 5 atom stereocenters. The zero-order chi connectivity index (χ0) is 16.3. The Labute approximate surface area is 127 Å². The first-order chi connectivity index (χ1) is 10.4. The monoisotopic (exact) mass is 314 g/mol. The molecule has 1 fully saturated rings. The predicted molar refractivity (Wildman–Crippen MR) is 74.8 cm³/mol. The minimum atomic E-state index is -1.56. The Kier molecular flexibility index (Phi) is 5.90. The Balaban J connectivity index is 1.95. The molecule has 22 heavy (non-hydrogen) atoms. The molecule has 1 aromatic carbocycles. The average Bonchev–Trinajstić information content (AvgIpc) is 2.52. The highest BCUT2D eigenvalue weighted by Gasteiger charge is 2.43. The van der Waals surface area contributed by atoms with E-state index in [0.717, 1.165) is 0 Å². The minimum Gasteiger partial charge on any atom is -0.423 e. The number of hydrogen-bond acceptors (Lipinski definition) is 8. The predicted octanol–water partition coefficient (Wildman–Crippen LogP) is -3.32. The molecule has 1 heterocycles. The van der Waals surface area contributed by atoms with E-state index in [1.165, 1.54) is 12.1 Å². The summed E-state index contributed by atoms with van der Waals surface area (Å²) in [6.45, 7) is -0.488. The summed E-state index contributed by atoms with van der Waals surface area (Å²) in [6, 6.07) is 6.24. The summed E-state index contributed by atoms with van der Waals surface area (Å²) in [5.41, 5.74) is 1.01. The van der Waals surface area contributed by atoms with Gasteiger partial charge in [-0.1, -0.05) is 24.3 Å². The molecule has 0 aromatic heterocycles. The van der Waals surface area contributed by atoms with Gasteiger partial charge < -0.3 is 39.9 Å². The van der Waals surface area contributed by atoms with Gasteiger partial charge in [0.25, 0.3) is 0 Å². The van der Waals surface area contributed by atoms with Crippen molar-refractivity contribution in [2.75, 3.05) is 6.61 Å². The van der Waals surface area contributed by atoms with E-state index in [2.05, 4.69) is 0 Å². The van der Waals surface area contributed by atoms with E-state index >= 15 is 0 Å². The lowest BCUT2D eigenvalue weighted by Crippen LogP contribution is -2.59. The first-order valence-electron chi connectivity index (χ1n) is 6.81. The van der Waals surface area contributed by atoms with Crippen LogP contribution in [0.1, 0.15) is 5.56 Å². The highest BCUT2D eigenvalue weighted by atomic mass is 16.7. The zero-order valence-electron chi connectivity index (χ0n) is 11.7. The molecule has 122 valence electrons. The number of ether oxygens (including phenoxy) is 2. The summed E-state index contributed by atoms with van der Waals surface area (Å²) in [5, 5.41) is 56.1. The molecular weight excluding hydrogens is 295 g/mol. The van der Waals surface area contributed by atoms with Crippen LogP contribution in [0.2, 0.25) is 0 Å². The van der Waals surface area contributed by atoms with Crippen LogP contribution in [-0.4, -0.2) is 74.9 Å². The lowest BCUT2D eigenvalue weighted by Gasteiger charge is -2.39. The van der Waals surface area contributed by atoms with Gasteiger partial charge in [0.05, 0.1) is 13.2 Å². The fourth-order valence-corrected chi connectivity index (χ4v) is 2.17. The van der Waals surface area contributed by atoms with Crippen LogP contribution in [0.4, 0.5) is 0 Å². The van der Waals surface area contributed by atoms with Crippen LogP contribution < -0.4 is 5.46 Å². The van der Waals surface area contributed by atoms with E-state index in [1.807, 2.05) is 0 Å². The van der Waals surface area contributed by atoms with Crippen LogP contribution in [0, 0.1) is 0 Å². The van der Waals surface area contributed by atoms with Crippen LogP contribution in [0.15, 0.2) is 24.3 Å². The normalized spacial score (nSPS) is 32.0. The second kappa shape index (κ2) is 7.49. The number of rotatable bonds is 5. The second-order valence-electron chi connectivity index (χ2n) is 5.12. The lowest BCUT2D eigenvalue weighted by molar-refractivity contribution is -0.304. The number of aliphatic hydroxyl groups is 4. The van der Waals surface area contributed by atoms with Crippen molar-refractivity contribution in [3.63, 3.8) is 0 Å². The average molecular weight is 314 g/mol. The molecule has 0 aliphatic carbocycles. The van der Waals surface area contributed by atoms with Gasteiger partial charge in [-0.25, -0.2) is 0 Å². The van der Waals surface area contributed by atoms with Gasteiger partial charge in [0.15, 0.2) is 6.29 Å². The summed E-state index contributed by atoms with van der Waals surface area (Å²) >= 11 is 0. The minimum absolute atomic E-state index is 0.0322. The van der Waals surface area contributed by atoms with Crippen molar-refractivity contribution in [3.8, 4) is 0 Å². The molecule has 0 spiro atoms. The smallest absolute Gasteiger partial charge is 0.423 e. The van der Waals surface area contributed by atoms with Crippen molar-refractivity contribution in [1.82, 2.24) is 0 Å². The largest absolute Gasteiger partial charge is 0.488 e. The van der Waals surface area contributed by atoms with Crippen LogP contribution in [-0.2, 0) is 16.1 Å². The molecule has 0 amide bonds. The Morgan fingerprint density at radius 1 is 1.00 bits per heavy atom. The summed E-state index contributed by atoms with van der Waals surface area (Å²) in [4.78, 5) is 0. The number of aliphatic hydroxyl groups excluding tert-OH is 4. The van der Waals surface area contributed by atoms with Crippen LogP contribution in [0.3, 0.4) is 0 Å². The van der Waals surface area contributed by atoms with Gasteiger partial charge in [0, 0.05) is 0 Å². The summed E-state index contributed by atoms with van der Waals surface area (Å²) in [6.07, 6.45) is -6.57. The fourth-order valence-electron chi connectivity index (χ4n) is 2.17. The molecule has 0 radical (unpaired) electrons. The molecule has 2 rings (SSSR count). The molecule has 9 heteroatoms. The Morgan fingerprint density at radius 2 is 1.64 bits per heavy atom. The molecule has 0 bridgehead atoms. The highest BCUT2D eigenvalue weighted by molar-refractivity contribution is 6.58. The topological polar surface area (TPSA) is 140 Å². The van der Waals surface area contributed by atoms with E-state index in [1.54, 1.807) is 12.1 Å². The van der Waals surface area contributed by atoms with E-state index < -0.39 is 44.4 Å². The standard InChI is InChI=1S/C13H19BO8/c15-5-9-10(16)11(17)12(18)13(22-9)21-6-7-1-3-8(4-2-7)14(19)20/h1-4,9-13,15-20H,5-6H2/t9-,10+,11+,12-,13-/m1/s1. The Bertz CT molecular complexity index is 466. The second-order valence-corrected chi connectivity index (χ2v) is 5.12. The quantitative estimate of drug-likeness (QED) is 0.310. The van der Waals surface area contributed by atoms with Crippen molar-refractivity contribution in [2.24, 2.45) is 0 Å². The number of benzene rings is 1. The maximum Gasteiger partial charge on any atom is 0.488 e. The third-order valence-electron chi connectivity index (χ3n) is 3.54. The van der Waals surface area contributed by atoms with E-state index in [9.17, 15) is 15.3 Å². The third-order valence-corrected chi connectivity index (χ3v) is 3.54. The molecule has 0 unspecified atom stereocenters. The van der Waals surface area contributed by atoms with E-state index in [-0.39, 0.29) is 6.61 Å². The van der Waals surface area contributed by atoms with Gasteiger partial charge in [-0.3, -0.25) is 0 Å². The van der Waals surface area contributed by atoms with Gasteiger partial charge in [0.2, 0.25) is 0 Å². The van der Waals surface area contributed by atoms with Crippen LogP contribution >= 0.6 is 0 Å². The van der Waals surface area contributed by atoms with Crippen LogP contribution in [0.5, 0.6) is 0 Å². The maximum atomic E-state index is 9.81. The molecule has 0 saturated carbocycles. The van der Waals surface area contributed by atoms with Crippen molar-refractivity contribution in [1.29, 1.82) is 0 Å². The van der Waals surface area contributed by atoms with Gasteiger partial charge >= 0.3 is 7.12 Å². The first-order valence-corrected chi connectivity index (χ1v) is 6.81. The number of hydrogen-bond donors (Lipinski definition) is 6. The third kappa shape index (κ3) is 3.83. The highest BCUT2D eigenvalue weighted by Crippen LogP contribution is 2.22. The molecule has 8 nitrogen and oxygen atoms in total. The van der Waals surface area contributed by atoms with Crippen molar-refractivity contribution in [3.05, 3.63) is 29.8 Å². The van der Waals surface area contributed by atoms with E-state index in [4.69, 9.17) is 24.6 Å². The molecule has 1 aliphatic heterocycles. The summed E-state index contributed by atoms with van der Waals surface area (Å²) in [7, 11) is -1.56. The van der Waals surface area contributed by atoms with Gasteiger partial charge in [-0.2, -0.15) is 0 Å². The lowest BCUT2D eigenvalue weighted by atomic mass is 9.80. The maximum absolute atomic E-state index is 9.81. The summed E-state index contributed by atoms with van der Waals surface area (Å²) < 4.78 is 10.6. The van der Waals surface area contributed by atoms with E-state index in [0.29, 0.717) is 11.0 Å². The molecular formula is C13H19BO8. The Hall–Kier alpha value is -1.04. The fraction of sp³-hybridized carbons (Fsp3) is 0.538.